The SMILES string of the molecule is COc1ccc(Cl)cc1CNc1ccn(C)n1. The molecule has 17 heavy (non-hydrogen) atoms. The smallest absolute Gasteiger partial charge is 0.148 e. The summed E-state index contributed by atoms with van der Waals surface area (Å²) in [5.74, 6) is 1.65. The van der Waals surface area contributed by atoms with Crippen molar-refractivity contribution in [3.8, 4) is 5.75 Å². The molecule has 0 fully saturated rings. The molecular weight excluding hydrogens is 238 g/mol. The Balaban J connectivity index is 2.10. The van der Waals surface area contributed by atoms with Gasteiger partial charge in [-0.25, -0.2) is 0 Å². The highest BCUT2D eigenvalue weighted by Gasteiger charge is 2.04. The standard InChI is InChI=1S/C12H14ClN3O/c1-16-6-5-12(15-16)14-8-9-7-10(13)3-4-11(9)17-2/h3-7H,8H2,1-2H3,(H,14,15). The van der Waals surface area contributed by atoms with Gasteiger partial charge in [-0.15, -0.1) is 0 Å². The first kappa shape index (κ1) is 11.8. The Morgan fingerprint density at radius 1 is 1.41 bits per heavy atom. The maximum Gasteiger partial charge on any atom is 0.148 e. The second kappa shape index (κ2) is 5.10. The van der Waals surface area contributed by atoms with E-state index in [4.69, 9.17) is 16.3 Å². The van der Waals surface area contributed by atoms with Crippen LogP contribution in [0.15, 0.2) is 30.5 Å². The average molecular weight is 252 g/mol. The van der Waals surface area contributed by atoms with Crippen molar-refractivity contribution in [2.24, 2.45) is 7.05 Å². The van der Waals surface area contributed by atoms with E-state index in [-0.39, 0.29) is 0 Å². The monoisotopic (exact) mass is 251 g/mol. The highest BCUT2D eigenvalue weighted by molar-refractivity contribution is 6.30. The number of methoxy groups -OCH3 is 1. The molecule has 0 bridgehead atoms. The summed E-state index contributed by atoms with van der Waals surface area (Å²) in [4.78, 5) is 0. The molecule has 1 N–H and O–H groups in total. The zero-order valence-corrected chi connectivity index (χ0v) is 10.5. The highest BCUT2D eigenvalue weighted by atomic mass is 35.5. The van der Waals surface area contributed by atoms with Gasteiger partial charge in [0, 0.05) is 36.4 Å². The summed E-state index contributed by atoms with van der Waals surface area (Å²) in [5.41, 5.74) is 1.01. The molecule has 1 aromatic carbocycles. The van der Waals surface area contributed by atoms with Crippen molar-refractivity contribution < 1.29 is 4.74 Å². The first-order chi connectivity index (χ1) is 8.19. The molecule has 2 rings (SSSR count). The largest absolute Gasteiger partial charge is 0.496 e. The number of nitrogens with zero attached hydrogens (tertiary/aromatic N) is 2. The number of nitrogens with one attached hydrogen (secondary N) is 1. The highest BCUT2D eigenvalue weighted by Crippen LogP contribution is 2.23. The third kappa shape index (κ3) is 2.91. The van der Waals surface area contributed by atoms with Crippen LogP contribution in [0.5, 0.6) is 5.75 Å². The van der Waals surface area contributed by atoms with Crippen LogP contribution in [-0.2, 0) is 13.6 Å². The van der Waals surface area contributed by atoms with Crippen molar-refractivity contribution in [3.05, 3.63) is 41.0 Å². The number of halogens is 1. The minimum Gasteiger partial charge on any atom is -0.496 e. The second-order valence-corrected chi connectivity index (χ2v) is 4.12. The lowest BCUT2D eigenvalue weighted by atomic mass is 10.2. The average Bonchev–Trinajstić information content (AvgIpc) is 2.73. The Morgan fingerprint density at radius 3 is 2.88 bits per heavy atom. The molecule has 0 atom stereocenters. The van der Waals surface area contributed by atoms with Crippen LogP contribution in [0, 0.1) is 0 Å². The number of ether oxygens (including phenoxy) is 1. The van der Waals surface area contributed by atoms with E-state index in [1.54, 1.807) is 11.8 Å². The molecule has 0 amide bonds. The maximum absolute atomic E-state index is 5.96. The van der Waals surface area contributed by atoms with Gasteiger partial charge in [-0.3, -0.25) is 4.68 Å². The lowest BCUT2D eigenvalue weighted by Crippen LogP contribution is -2.02. The minimum absolute atomic E-state index is 0.626. The molecule has 0 aliphatic rings. The van der Waals surface area contributed by atoms with Gasteiger partial charge >= 0.3 is 0 Å². The van der Waals surface area contributed by atoms with Crippen LogP contribution in [0.2, 0.25) is 5.02 Å². The van der Waals surface area contributed by atoms with Crippen LogP contribution in [0.25, 0.3) is 0 Å². The van der Waals surface area contributed by atoms with Gasteiger partial charge in [-0.1, -0.05) is 11.6 Å². The Morgan fingerprint density at radius 2 is 2.24 bits per heavy atom. The van der Waals surface area contributed by atoms with Gasteiger partial charge in [0.2, 0.25) is 0 Å². The molecule has 90 valence electrons. The number of benzene rings is 1. The molecule has 0 aliphatic carbocycles. The Bertz CT molecular complexity index is 510. The van der Waals surface area contributed by atoms with Crippen molar-refractivity contribution >= 4 is 17.4 Å². The lowest BCUT2D eigenvalue weighted by Gasteiger charge is -2.09. The van der Waals surface area contributed by atoms with E-state index in [0.717, 1.165) is 17.1 Å². The van der Waals surface area contributed by atoms with E-state index in [0.29, 0.717) is 11.6 Å². The Labute approximate surface area is 105 Å². The van der Waals surface area contributed by atoms with E-state index in [1.807, 2.05) is 37.5 Å². The van der Waals surface area contributed by atoms with E-state index in [1.165, 1.54) is 0 Å². The van der Waals surface area contributed by atoms with Crippen molar-refractivity contribution in [1.82, 2.24) is 9.78 Å². The summed E-state index contributed by atoms with van der Waals surface area (Å²) < 4.78 is 7.02. The first-order valence-corrected chi connectivity index (χ1v) is 5.63. The number of aromatic nitrogens is 2. The van der Waals surface area contributed by atoms with Crippen molar-refractivity contribution in [2.45, 2.75) is 6.54 Å². The van der Waals surface area contributed by atoms with Crippen LogP contribution >= 0.6 is 11.6 Å². The van der Waals surface area contributed by atoms with E-state index in [2.05, 4.69) is 10.4 Å². The van der Waals surface area contributed by atoms with Crippen LogP contribution in [0.1, 0.15) is 5.56 Å². The third-order valence-electron chi connectivity index (χ3n) is 2.42. The van der Waals surface area contributed by atoms with Gasteiger partial charge in [0.15, 0.2) is 0 Å². The first-order valence-electron chi connectivity index (χ1n) is 5.25. The molecule has 2 aromatic rings. The summed E-state index contributed by atoms with van der Waals surface area (Å²) in [6.07, 6.45) is 1.89. The van der Waals surface area contributed by atoms with E-state index >= 15 is 0 Å². The molecule has 0 aliphatic heterocycles. The third-order valence-corrected chi connectivity index (χ3v) is 2.65. The minimum atomic E-state index is 0.626. The van der Waals surface area contributed by atoms with Crippen molar-refractivity contribution in [2.75, 3.05) is 12.4 Å². The van der Waals surface area contributed by atoms with Crippen LogP contribution in [0.4, 0.5) is 5.82 Å². The Kier molecular flexibility index (Phi) is 3.54. The zero-order valence-electron chi connectivity index (χ0n) is 9.77. The number of anilines is 1. The molecule has 0 saturated heterocycles. The van der Waals surface area contributed by atoms with Crippen LogP contribution in [0.3, 0.4) is 0 Å². The molecular formula is C12H14ClN3O. The summed E-state index contributed by atoms with van der Waals surface area (Å²) in [7, 11) is 3.53. The molecule has 0 spiro atoms. The summed E-state index contributed by atoms with van der Waals surface area (Å²) in [5, 5.41) is 8.15. The number of hydrogen-bond donors (Lipinski definition) is 1. The van der Waals surface area contributed by atoms with Crippen molar-refractivity contribution in [1.29, 1.82) is 0 Å². The number of hydrogen-bond acceptors (Lipinski definition) is 3. The van der Waals surface area contributed by atoms with Gasteiger partial charge in [0.1, 0.15) is 11.6 Å². The fourth-order valence-corrected chi connectivity index (χ4v) is 1.78. The van der Waals surface area contributed by atoms with Gasteiger partial charge in [-0.2, -0.15) is 5.10 Å². The van der Waals surface area contributed by atoms with Gasteiger partial charge in [0.05, 0.1) is 7.11 Å². The molecule has 0 saturated carbocycles. The molecule has 1 aromatic heterocycles. The number of rotatable bonds is 4. The molecule has 4 nitrogen and oxygen atoms in total. The fraction of sp³-hybridized carbons (Fsp3) is 0.250. The molecule has 0 unspecified atom stereocenters. The second-order valence-electron chi connectivity index (χ2n) is 3.68. The van der Waals surface area contributed by atoms with E-state index < -0.39 is 0 Å². The van der Waals surface area contributed by atoms with Crippen LogP contribution < -0.4 is 10.1 Å². The summed E-state index contributed by atoms with van der Waals surface area (Å²) in [6, 6.07) is 7.47. The normalized spacial score (nSPS) is 10.3. The number of aryl methyl sites for hydroxylation is 1. The van der Waals surface area contributed by atoms with Crippen LogP contribution in [-0.4, -0.2) is 16.9 Å². The fourth-order valence-electron chi connectivity index (χ4n) is 1.58. The quantitative estimate of drug-likeness (QED) is 0.908. The van der Waals surface area contributed by atoms with Crippen molar-refractivity contribution in [3.63, 3.8) is 0 Å². The Hall–Kier alpha value is -1.68. The summed E-state index contributed by atoms with van der Waals surface area (Å²) >= 11 is 5.96. The molecule has 1 heterocycles. The van der Waals surface area contributed by atoms with E-state index in [9.17, 15) is 0 Å². The van der Waals surface area contributed by atoms with Gasteiger partial charge < -0.3 is 10.1 Å². The molecule has 0 radical (unpaired) electrons. The topological polar surface area (TPSA) is 39.1 Å². The maximum atomic E-state index is 5.96. The zero-order chi connectivity index (χ0) is 12.3. The lowest BCUT2D eigenvalue weighted by molar-refractivity contribution is 0.410. The predicted octanol–water partition coefficient (Wildman–Crippen LogP) is 2.69. The van der Waals surface area contributed by atoms with Gasteiger partial charge in [0.25, 0.3) is 0 Å². The molecule has 5 heteroatoms. The summed E-state index contributed by atoms with van der Waals surface area (Å²) in [6.45, 7) is 0.626. The predicted molar refractivity (Wildman–Crippen MR) is 68.5 cm³/mol. The van der Waals surface area contributed by atoms with Gasteiger partial charge in [-0.05, 0) is 18.2 Å².